The Kier molecular flexibility index (Phi) is 4.26. The molecule has 1 fully saturated rings. The third kappa shape index (κ3) is 2.98. The average molecular weight is 266 g/mol. The first-order chi connectivity index (χ1) is 9.13. The summed E-state index contributed by atoms with van der Waals surface area (Å²) in [5, 5.41) is 1.62. The molecule has 7 heteroatoms. The fourth-order valence-corrected chi connectivity index (χ4v) is 2.38. The van der Waals surface area contributed by atoms with Gasteiger partial charge in [0.1, 0.15) is 5.69 Å². The van der Waals surface area contributed by atoms with Crippen LogP contribution in [-0.4, -0.2) is 22.6 Å². The molecule has 1 aromatic rings. The van der Waals surface area contributed by atoms with E-state index in [1.165, 1.54) is 19.3 Å². The van der Waals surface area contributed by atoms with Gasteiger partial charge in [-0.05, 0) is 19.8 Å². The molecule has 6 N–H and O–H groups in total. The summed E-state index contributed by atoms with van der Waals surface area (Å²) in [4.78, 5) is 8.25. The molecule has 7 nitrogen and oxygen atoms in total. The van der Waals surface area contributed by atoms with Gasteiger partial charge >= 0.3 is 6.01 Å². The minimum absolute atomic E-state index is 0.208. The standard InChI is InChI=1S/C12H22N6O/c1-2-19-12-16-10(14)9(13)11(17-12)18(15)8-6-4-3-5-7-8/h8H,2-7,13,15H2,1H3,(H2,14,16,17). The van der Waals surface area contributed by atoms with Crippen LogP contribution in [0.5, 0.6) is 6.01 Å². The molecule has 0 unspecified atom stereocenters. The van der Waals surface area contributed by atoms with E-state index in [9.17, 15) is 0 Å². The van der Waals surface area contributed by atoms with E-state index >= 15 is 0 Å². The van der Waals surface area contributed by atoms with Crippen LogP contribution >= 0.6 is 0 Å². The number of nitrogens with two attached hydrogens (primary N) is 3. The highest BCUT2D eigenvalue weighted by Gasteiger charge is 2.23. The second-order valence-electron chi connectivity index (χ2n) is 4.76. The van der Waals surface area contributed by atoms with Gasteiger partial charge in [0.25, 0.3) is 0 Å². The molecule has 1 aliphatic carbocycles. The van der Waals surface area contributed by atoms with Gasteiger partial charge in [0.2, 0.25) is 0 Å². The summed E-state index contributed by atoms with van der Waals surface area (Å²) in [6.07, 6.45) is 5.71. The molecule has 0 atom stereocenters. The van der Waals surface area contributed by atoms with Crippen LogP contribution < -0.4 is 27.1 Å². The van der Waals surface area contributed by atoms with Crippen LogP contribution in [0.4, 0.5) is 17.3 Å². The molecule has 0 bridgehead atoms. The highest BCUT2D eigenvalue weighted by molar-refractivity contribution is 5.73. The monoisotopic (exact) mass is 266 g/mol. The lowest BCUT2D eigenvalue weighted by atomic mass is 9.95. The van der Waals surface area contributed by atoms with Crippen LogP contribution in [0.15, 0.2) is 0 Å². The normalized spacial score (nSPS) is 16.3. The van der Waals surface area contributed by atoms with Crippen molar-refractivity contribution in [1.82, 2.24) is 9.97 Å². The number of nitrogens with zero attached hydrogens (tertiary/aromatic N) is 3. The maximum absolute atomic E-state index is 6.16. The third-order valence-corrected chi connectivity index (χ3v) is 3.42. The number of anilines is 3. The lowest BCUT2D eigenvalue weighted by Crippen LogP contribution is -2.43. The maximum atomic E-state index is 6.16. The van der Waals surface area contributed by atoms with Gasteiger partial charge < -0.3 is 16.2 Å². The Balaban J connectivity index is 2.25. The van der Waals surface area contributed by atoms with Crippen LogP contribution in [-0.2, 0) is 0 Å². The van der Waals surface area contributed by atoms with Crippen molar-refractivity contribution in [1.29, 1.82) is 0 Å². The summed E-state index contributed by atoms with van der Waals surface area (Å²) in [7, 11) is 0. The van der Waals surface area contributed by atoms with E-state index in [-0.39, 0.29) is 17.9 Å². The van der Waals surface area contributed by atoms with E-state index in [1.807, 2.05) is 6.92 Å². The van der Waals surface area contributed by atoms with Crippen molar-refractivity contribution in [3.8, 4) is 6.01 Å². The van der Waals surface area contributed by atoms with Crippen LogP contribution in [0.1, 0.15) is 39.0 Å². The maximum Gasteiger partial charge on any atom is 0.320 e. The zero-order valence-corrected chi connectivity index (χ0v) is 11.3. The fraction of sp³-hybridized carbons (Fsp3) is 0.667. The first kappa shape index (κ1) is 13.7. The lowest BCUT2D eigenvalue weighted by molar-refractivity contribution is 0.312. The molecule has 0 aromatic carbocycles. The number of hydrogen-bond acceptors (Lipinski definition) is 7. The van der Waals surface area contributed by atoms with Gasteiger partial charge in [0, 0.05) is 6.04 Å². The summed E-state index contributed by atoms with van der Waals surface area (Å²) in [5.74, 6) is 6.83. The van der Waals surface area contributed by atoms with Gasteiger partial charge in [-0.3, -0.25) is 5.01 Å². The van der Waals surface area contributed by atoms with E-state index in [4.69, 9.17) is 22.0 Å². The van der Waals surface area contributed by atoms with Crippen LogP contribution in [0.25, 0.3) is 0 Å². The molecule has 1 heterocycles. The van der Waals surface area contributed by atoms with Crippen molar-refractivity contribution in [2.24, 2.45) is 5.84 Å². The molecular weight excluding hydrogens is 244 g/mol. The third-order valence-electron chi connectivity index (χ3n) is 3.42. The number of hydrazine groups is 1. The number of aromatic nitrogens is 2. The Bertz CT molecular complexity index is 432. The SMILES string of the molecule is CCOc1nc(N)c(N)c(N(N)C2CCCCC2)n1. The van der Waals surface area contributed by atoms with Crippen molar-refractivity contribution >= 4 is 17.3 Å². The Morgan fingerprint density at radius 2 is 1.89 bits per heavy atom. The van der Waals surface area contributed by atoms with Crippen molar-refractivity contribution in [2.75, 3.05) is 23.1 Å². The smallest absolute Gasteiger partial charge is 0.320 e. The Hall–Kier alpha value is -1.76. The molecule has 1 aliphatic rings. The van der Waals surface area contributed by atoms with Crippen molar-refractivity contribution < 1.29 is 4.74 Å². The van der Waals surface area contributed by atoms with E-state index in [0.29, 0.717) is 18.1 Å². The zero-order valence-electron chi connectivity index (χ0n) is 11.3. The number of hydrogen-bond donors (Lipinski definition) is 3. The minimum Gasteiger partial charge on any atom is -0.464 e. The topological polar surface area (TPSA) is 116 Å². The van der Waals surface area contributed by atoms with Crippen molar-refractivity contribution in [2.45, 2.75) is 45.1 Å². The molecule has 106 valence electrons. The van der Waals surface area contributed by atoms with Crippen molar-refractivity contribution in [3.05, 3.63) is 0 Å². The summed E-state index contributed by atoms with van der Waals surface area (Å²) < 4.78 is 5.28. The predicted octanol–water partition coefficient (Wildman–Crippen LogP) is 1.05. The summed E-state index contributed by atoms with van der Waals surface area (Å²) in [5.41, 5.74) is 12.0. The van der Waals surface area contributed by atoms with Crippen LogP contribution in [0.2, 0.25) is 0 Å². The molecule has 0 amide bonds. The molecule has 2 rings (SSSR count). The van der Waals surface area contributed by atoms with Crippen LogP contribution in [0, 0.1) is 0 Å². The molecule has 0 saturated heterocycles. The predicted molar refractivity (Wildman–Crippen MR) is 75.6 cm³/mol. The van der Waals surface area contributed by atoms with E-state index < -0.39 is 0 Å². The van der Waals surface area contributed by atoms with Gasteiger partial charge in [-0.15, -0.1) is 0 Å². The average Bonchev–Trinajstić information content (AvgIpc) is 2.43. The van der Waals surface area contributed by atoms with Gasteiger partial charge in [-0.1, -0.05) is 19.3 Å². The highest BCUT2D eigenvalue weighted by Crippen LogP contribution is 2.30. The summed E-state index contributed by atoms with van der Waals surface area (Å²) in [6.45, 7) is 2.33. The van der Waals surface area contributed by atoms with Gasteiger partial charge in [-0.25, -0.2) is 5.84 Å². The first-order valence-corrected chi connectivity index (χ1v) is 6.73. The molecule has 0 spiro atoms. The minimum atomic E-state index is 0.208. The highest BCUT2D eigenvalue weighted by atomic mass is 16.5. The Morgan fingerprint density at radius 3 is 2.53 bits per heavy atom. The van der Waals surface area contributed by atoms with Gasteiger partial charge in [0.05, 0.1) is 6.61 Å². The van der Waals surface area contributed by atoms with Gasteiger partial charge in [-0.2, -0.15) is 9.97 Å². The molecule has 0 radical (unpaired) electrons. The summed E-state index contributed by atoms with van der Waals surface area (Å²) >= 11 is 0. The number of ether oxygens (including phenoxy) is 1. The molecule has 1 aromatic heterocycles. The van der Waals surface area contributed by atoms with Crippen molar-refractivity contribution in [3.63, 3.8) is 0 Å². The first-order valence-electron chi connectivity index (χ1n) is 6.73. The fourth-order valence-electron chi connectivity index (χ4n) is 2.38. The van der Waals surface area contributed by atoms with E-state index in [2.05, 4.69) is 9.97 Å². The number of rotatable bonds is 4. The second-order valence-corrected chi connectivity index (χ2v) is 4.76. The largest absolute Gasteiger partial charge is 0.464 e. The molecule has 19 heavy (non-hydrogen) atoms. The second kappa shape index (κ2) is 5.92. The Morgan fingerprint density at radius 1 is 1.21 bits per heavy atom. The zero-order chi connectivity index (χ0) is 13.8. The van der Waals surface area contributed by atoms with E-state index in [1.54, 1.807) is 5.01 Å². The molecule has 0 aliphatic heterocycles. The quantitative estimate of drug-likeness (QED) is 0.551. The van der Waals surface area contributed by atoms with Gasteiger partial charge in [0.15, 0.2) is 11.6 Å². The molecular formula is C12H22N6O. The summed E-state index contributed by atoms with van der Waals surface area (Å²) in [6, 6.07) is 0.468. The van der Waals surface area contributed by atoms with Crippen LogP contribution in [0.3, 0.4) is 0 Å². The Labute approximate surface area is 113 Å². The number of nitrogen functional groups attached to an aromatic ring is 2. The molecule has 1 saturated carbocycles. The lowest BCUT2D eigenvalue weighted by Gasteiger charge is -2.32. The van der Waals surface area contributed by atoms with E-state index in [0.717, 1.165) is 12.8 Å².